The zero-order valence-electron chi connectivity index (χ0n) is 10.3. The van der Waals surface area contributed by atoms with Crippen molar-refractivity contribution in [3.05, 3.63) is 48.4 Å². The molecular weight excluding hydrogens is 242 g/mol. The maximum atomic E-state index is 11.1. The Balaban J connectivity index is 1.90. The van der Waals surface area contributed by atoms with Crippen LogP contribution in [0.15, 0.2) is 42.9 Å². The molecule has 0 aliphatic rings. The lowest BCUT2D eigenvalue weighted by Gasteiger charge is -2.07. The Morgan fingerprint density at radius 3 is 2.63 bits per heavy atom. The molecule has 2 heterocycles. The second-order valence-electron chi connectivity index (χ2n) is 3.89. The van der Waals surface area contributed by atoms with Crippen molar-refractivity contribution < 1.29 is 4.79 Å². The average molecular weight is 257 g/mol. The van der Waals surface area contributed by atoms with Crippen molar-refractivity contribution in [2.24, 2.45) is 5.73 Å². The number of nitrogens with zero attached hydrogens (tertiary/aromatic N) is 2. The van der Waals surface area contributed by atoms with Gasteiger partial charge in [-0.15, -0.1) is 0 Å². The molecule has 6 heteroatoms. The minimum atomic E-state index is -0.259. The Morgan fingerprint density at radius 2 is 2.00 bits per heavy atom. The lowest BCUT2D eigenvalue weighted by molar-refractivity contribution is -0.114. The van der Waals surface area contributed by atoms with E-state index in [4.69, 9.17) is 5.73 Å². The van der Waals surface area contributed by atoms with Crippen molar-refractivity contribution in [2.45, 2.75) is 6.54 Å². The maximum Gasteiger partial charge on any atom is 0.239 e. The number of rotatable bonds is 5. The number of carbonyl (C=O) groups is 1. The molecule has 0 aliphatic carbocycles. The number of hydrogen-bond donors (Lipinski definition) is 3. The molecular formula is C13H15N5O. The highest BCUT2D eigenvalue weighted by Crippen LogP contribution is 2.10. The van der Waals surface area contributed by atoms with Crippen molar-refractivity contribution in [2.75, 3.05) is 17.2 Å². The van der Waals surface area contributed by atoms with Gasteiger partial charge in [0.05, 0.1) is 18.4 Å². The van der Waals surface area contributed by atoms with Crippen LogP contribution >= 0.6 is 0 Å². The van der Waals surface area contributed by atoms with Gasteiger partial charge in [-0.2, -0.15) is 0 Å². The Labute approximate surface area is 111 Å². The van der Waals surface area contributed by atoms with E-state index in [0.717, 1.165) is 11.3 Å². The second kappa shape index (κ2) is 6.46. The fourth-order valence-electron chi connectivity index (χ4n) is 1.47. The van der Waals surface area contributed by atoms with E-state index in [1.807, 2.05) is 18.2 Å². The van der Waals surface area contributed by atoms with E-state index in [1.165, 1.54) is 0 Å². The first-order valence-corrected chi connectivity index (χ1v) is 5.86. The largest absolute Gasteiger partial charge is 0.380 e. The fraction of sp³-hybridized carbons (Fsp3) is 0.154. The summed E-state index contributed by atoms with van der Waals surface area (Å²) in [7, 11) is 0. The van der Waals surface area contributed by atoms with Crippen LogP contribution < -0.4 is 16.4 Å². The topological polar surface area (TPSA) is 92.9 Å². The van der Waals surface area contributed by atoms with Gasteiger partial charge >= 0.3 is 0 Å². The second-order valence-corrected chi connectivity index (χ2v) is 3.89. The van der Waals surface area contributed by atoms with Gasteiger partial charge in [-0.3, -0.25) is 9.78 Å². The van der Waals surface area contributed by atoms with Crippen LogP contribution in [-0.4, -0.2) is 22.4 Å². The Bertz CT molecular complexity index is 526. The van der Waals surface area contributed by atoms with Gasteiger partial charge in [0.1, 0.15) is 5.82 Å². The van der Waals surface area contributed by atoms with Crippen LogP contribution in [0.2, 0.25) is 0 Å². The molecule has 6 nitrogen and oxygen atoms in total. The number of nitrogens with one attached hydrogen (secondary N) is 2. The van der Waals surface area contributed by atoms with E-state index in [9.17, 15) is 4.79 Å². The number of anilines is 2. The molecule has 0 radical (unpaired) electrons. The van der Waals surface area contributed by atoms with Crippen LogP contribution in [0.3, 0.4) is 0 Å². The molecule has 0 spiro atoms. The summed E-state index contributed by atoms with van der Waals surface area (Å²) in [4.78, 5) is 19.2. The van der Waals surface area contributed by atoms with Crippen molar-refractivity contribution in [1.29, 1.82) is 0 Å². The molecule has 0 unspecified atom stereocenters. The molecule has 2 rings (SSSR count). The number of hydrogen-bond acceptors (Lipinski definition) is 5. The molecule has 1 amide bonds. The summed E-state index contributed by atoms with van der Waals surface area (Å²) >= 11 is 0. The highest BCUT2D eigenvalue weighted by Gasteiger charge is 2.00. The van der Waals surface area contributed by atoms with E-state index >= 15 is 0 Å². The van der Waals surface area contributed by atoms with Crippen molar-refractivity contribution in [3.63, 3.8) is 0 Å². The third kappa shape index (κ3) is 4.04. The third-order valence-corrected chi connectivity index (χ3v) is 2.46. The van der Waals surface area contributed by atoms with Crippen LogP contribution in [0.25, 0.3) is 0 Å². The molecule has 0 aliphatic heterocycles. The number of carbonyl (C=O) groups excluding carboxylic acids is 1. The molecule has 0 atom stereocenters. The summed E-state index contributed by atoms with van der Waals surface area (Å²) in [6.07, 6.45) is 5.16. The summed E-state index contributed by atoms with van der Waals surface area (Å²) in [5.74, 6) is 0.231. The Kier molecular flexibility index (Phi) is 4.41. The predicted molar refractivity (Wildman–Crippen MR) is 73.5 cm³/mol. The first-order chi connectivity index (χ1) is 9.28. The van der Waals surface area contributed by atoms with Crippen molar-refractivity contribution in [1.82, 2.24) is 9.97 Å². The average Bonchev–Trinajstić information content (AvgIpc) is 2.47. The number of pyridine rings is 2. The van der Waals surface area contributed by atoms with Crippen LogP contribution in [0, 0.1) is 0 Å². The molecule has 0 aromatic carbocycles. The first kappa shape index (κ1) is 13.0. The van der Waals surface area contributed by atoms with Gasteiger partial charge in [0.25, 0.3) is 0 Å². The molecule has 0 fully saturated rings. The SMILES string of the molecule is NCC(=O)Nc1ccc(NCc2ccncc2)cn1. The van der Waals surface area contributed by atoms with Gasteiger partial charge in [0, 0.05) is 18.9 Å². The quantitative estimate of drug-likeness (QED) is 0.742. The summed E-state index contributed by atoms with van der Waals surface area (Å²) in [5, 5.41) is 5.81. The Morgan fingerprint density at radius 1 is 1.21 bits per heavy atom. The maximum absolute atomic E-state index is 11.1. The van der Waals surface area contributed by atoms with Crippen molar-refractivity contribution in [3.8, 4) is 0 Å². The van der Waals surface area contributed by atoms with Crippen LogP contribution in [-0.2, 0) is 11.3 Å². The first-order valence-electron chi connectivity index (χ1n) is 5.86. The normalized spacial score (nSPS) is 9.95. The van der Waals surface area contributed by atoms with Gasteiger partial charge in [-0.1, -0.05) is 0 Å². The van der Waals surface area contributed by atoms with E-state index in [1.54, 1.807) is 24.7 Å². The van der Waals surface area contributed by atoms with Crippen LogP contribution in [0.1, 0.15) is 5.56 Å². The number of nitrogens with two attached hydrogens (primary N) is 1. The summed E-state index contributed by atoms with van der Waals surface area (Å²) in [5.41, 5.74) is 7.22. The van der Waals surface area contributed by atoms with E-state index in [0.29, 0.717) is 12.4 Å². The lowest BCUT2D eigenvalue weighted by Crippen LogP contribution is -2.22. The van der Waals surface area contributed by atoms with E-state index in [-0.39, 0.29) is 12.5 Å². The summed E-state index contributed by atoms with van der Waals surface area (Å²) < 4.78 is 0. The highest BCUT2D eigenvalue weighted by atomic mass is 16.1. The molecule has 98 valence electrons. The molecule has 4 N–H and O–H groups in total. The summed E-state index contributed by atoms with van der Waals surface area (Å²) in [6.45, 7) is 0.641. The van der Waals surface area contributed by atoms with E-state index in [2.05, 4.69) is 20.6 Å². The monoisotopic (exact) mass is 257 g/mol. The minimum absolute atomic E-state index is 0.0519. The van der Waals surface area contributed by atoms with E-state index < -0.39 is 0 Å². The lowest BCUT2D eigenvalue weighted by atomic mass is 10.2. The van der Waals surface area contributed by atoms with Gasteiger partial charge < -0.3 is 16.4 Å². The molecule has 2 aromatic rings. The fourth-order valence-corrected chi connectivity index (χ4v) is 1.47. The Hall–Kier alpha value is -2.47. The van der Waals surface area contributed by atoms with Gasteiger partial charge in [-0.25, -0.2) is 4.98 Å². The predicted octanol–water partition coefficient (Wildman–Crippen LogP) is 0.986. The number of aromatic nitrogens is 2. The standard InChI is InChI=1S/C13H15N5O/c14-7-13(19)18-12-2-1-11(9-17-12)16-8-10-3-5-15-6-4-10/h1-6,9,16H,7-8,14H2,(H,17,18,19). The van der Waals surface area contributed by atoms with Gasteiger partial charge in [0.15, 0.2) is 0 Å². The van der Waals surface area contributed by atoms with Gasteiger partial charge in [0.2, 0.25) is 5.91 Å². The summed E-state index contributed by atoms with van der Waals surface area (Å²) in [6, 6.07) is 7.45. The van der Waals surface area contributed by atoms with Crippen molar-refractivity contribution >= 4 is 17.4 Å². The highest BCUT2D eigenvalue weighted by molar-refractivity contribution is 5.91. The molecule has 0 saturated heterocycles. The molecule has 0 saturated carbocycles. The smallest absolute Gasteiger partial charge is 0.239 e. The van der Waals surface area contributed by atoms with Crippen LogP contribution in [0.4, 0.5) is 11.5 Å². The molecule has 0 bridgehead atoms. The number of amides is 1. The zero-order chi connectivity index (χ0) is 13.5. The van der Waals surface area contributed by atoms with Crippen LogP contribution in [0.5, 0.6) is 0 Å². The zero-order valence-corrected chi connectivity index (χ0v) is 10.3. The third-order valence-electron chi connectivity index (χ3n) is 2.46. The van der Waals surface area contributed by atoms with Gasteiger partial charge in [-0.05, 0) is 29.8 Å². The molecule has 2 aromatic heterocycles. The minimum Gasteiger partial charge on any atom is -0.380 e. The molecule has 19 heavy (non-hydrogen) atoms.